The Labute approximate surface area is 185 Å². The number of amides is 1. The smallest absolute Gasteiger partial charge is 0.413 e. The molecule has 1 amide bonds. The number of nitrogens with zero attached hydrogens (tertiary/aromatic N) is 1. The molecule has 7 heteroatoms. The van der Waals surface area contributed by atoms with Crippen LogP contribution in [0.4, 0.5) is 4.79 Å². The number of aliphatic hydroxyl groups is 1. The van der Waals surface area contributed by atoms with E-state index in [1.54, 1.807) is 80.9 Å². The van der Waals surface area contributed by atoms with Crippen molar-refractivity contribution in [1.29, 1.82) is 0 Å². The molecule has 160 valence electrons. The lowest BCUT2D eigenvalue weighted by molar-refractivity contribution is -0.113. The topological polar surface area (TPSA) is 68.2 Å². The second-order valence-corrected chi connectivity index (χ2v) is 7.64. The average Bonchev–Trinajstić information content (AvgIpc) is 3.05. The van der Waals surface area contributed by atoms with E-state index in [4.69, 9.17) is 25.8 Å². The molecule has 0 aromatic heterocycles. The maximum Gasteiger partial charge on any atom is 0.413 e. The monoisotopic (exact) mass is 439 g/mol. The summed E-state index contributed by atoms with van der Waals surface area (Å²) in [5.41, 5.74) is 0.162. The quantitative estimate of drug-likeness (QED) is 0.592. The highest BCUT2D eigenvalue weighted by molar-refractivity contribution is 6.30. The number of rotatable bonds is 6. The SMILES string of the molecule is COc1ccc([C@H]2OC(=O)N(Cc3cccc(Cl)c3)[C@@]2(O)c2ccc(OC)cc2)cc1. The van der Waals surface area contributed by atoms with E-state index in [1.165, 1.54) is 4.90 Å². The molecular weight excluding hydrogens is 418 g/mol. The van der Waals surface area contributed by atoms with Gasteiger partial charge in [-0.15, -0.1) is 0 Å². The second-order valence-electron chi connectivity index (χ2n) is 7.21. The molecule has 1 fully saturated rings. The van der Waals surface area contributed by atoms with E-state index < -0.39 is 17.9 Å². The first-order valence-corrected chi connectivity index (χ1v) is 10.1. The lowest BCUT2D eigenvalue weighted by atomic mass is 9.91. The van der Waals surface area contributed by atoms with Gasteiger partial charge in [-0.25, -0.2) is 4.79 Å². The molecule has 1 heterocycles. The average molecular weight is 440 g/mol. The first kappa shape index (κ1) is 21.0. The maximum atomic E-state index is 12.9. The minimum absolute atomic E-state index is 0.120. The zero-order valence-corrected chi connectivity index (χ0v) is 17.9. The van der Waals surface area contributed by atoms with E-state index in [2.05, 4.69) is 0 Å². The second kappa shape index (κ2) is 8.49. The lowest BCUT2D eigenvalue weighted by Gasteiger charge is -2.35. The molecule has 4 rings (SSSR count). The van der Waals surface area contributed by atoms with Crippen molar-refractivity contribution in [3.05, 3.63) is 94.5 Å². The number of carbonyl (C=O) groups is 1. The van der Waals surface area contributed by atoms with Crippen molar-refractivity contribution >= 4 is 17.7 Å². The van der Waals surface area contributed by atoms with Crippen LogP contribution in [0.2, 0.25) is 5.02 Å². The van der Waals surface area contributed by atoms with Gasteiger partial charge in [0.1, 0.15) is 11.5 Å². The van der Waals surface area contributed by atoms with E-state index in [0.29, 0.717) is 27.6 Å². The molecule has 1 saturated heterocycles. The van der Waals surface area contributed by atoms with Crippen molar-refractivity contribution in [3.8, 4) is 11.5 Å². The molecule has 2 atom stereocenters. The Hall–Kier alpha value is -3.22. The molecule has 0 bridgehead atoms. The van der Waals surface area contributed by atoms with E-state index >= 15 is 0 Å². The molecule has 0 radical (unpaired) electrons. The van der Waals surface area contributed by atoms with Gasteiger partial charge in [-0.05, 0) is 47.5 Å². The van der Waals surface area contributed by atoms with Crippen LogP contribution < -0.4 is 9.47 Å². The highest BCUT2D eigenvalue weighted by Gasteiger charge is 2.56. The summed E-state index contributed by atoms with van der Waals surface area (Å²) in [5.74, 6) is 1.30. The molecule has 1 aliphatic rings. The largest absolute Gasteiger partial charge is 0.497 e. The minimum Gasteiger partial charge on any atom is -0.497 e. The Morgan fingerprint density at radius 1 is 1.00 bits per heavy atom. The molecule has 1 aliphatic heterocycles. The Morgan fingerprint density at radius 3 is 2.19 bits per heavy atom. The van der Waals surface area contributed by atoms with Crippen LogP contribution >= 0.6 is 11.6 Å². The number of halogens is 1. The first-order valence-electron chi connectivity index (χ1n) is 9.69. The standard InChI is InChI=1S/C24H22ClNO5/c1-29-20-10-6-17(7-11-20)22-24(28,18-8-12-21(30-2)13-9-18)26(23(27)31-22)15-16-4-3-5-19(25)14-16/h3-14,22,28H,15H2,1-2H3/t22-,24-/m1/s1. The fourth-order valence-corrected chi connectivity index (χ4v) is 3.97. The van der Waals surface area contributed by atoms with Crippen molar-refractivity contribution in [1.82, 2.24) is 4.90 Å². The van der Waals surface area contributed by atoms with Gasteiger partial charge in [-0.1, -0.05) is 48.0 Å². The molecule has 0 unspecified atom stereocenters. The van der Waals surface area contributed by atoms with Crippen LogP contribution in [0, 0.1) is 0 Å². The van der Waals surface area contributed by atoms with Crippen LogP contribution in [0.3, 0.4) is 0 Å². The Balaban J connectivity index is 1.79. The molecule has 1 N–H and O–H groups in total. The third kappa shape index (κ3) is 3.92. The van der Waals surface area contributed by atoms with Gasteiger partial charge in [-0.2, -0.15) is 0 Å². The summed E-state index contributed by atoms with van der Waals surface area (Å²) in [4.78, 5) is 14.3. The summed E-state index contributed by atoms with van der Waals surface area (Å²) < 4.78 is 16.2. The Morgan fingerprint density at radius 2 is 1.61 bits per heavy atom. The highest BCUT2D eigenvalue weighted by atomic mass is 35.5. The molecular formula is C24H22ClNO5. The number of carbonyl (C=O) groups excluding carboxylic acids is 1. The van der Waals surface area contributed by atoms with Crippen LogP contribution in [-0.2, 0) is 17.0 Å². The molecule has 0 saturated carbocycles. The molecule has 0 spiro atoms. The maximum absolute atomic E-state index is 12.9. The molecule has 3 aromatic carbocycles. The van der Waals surface area contributed by atoms with Crippen LogP contribution in [0.15, 0.2) is 72.8 Å². The van der Waals surface area contributed by atoms with Crippen molar-refractivity contribution in [2.45, 2.75) is 18.4 Å². The molecule has 0 aliphatic carbocycles. The number of benzene rings is 3. The van der Waals surface area contributed by atoms with Gasteiger partial charge < -0.3 is 19.3 Å². The van der Waals surface area contributed by atoms with Crippen molar-refractivity contribution in [2.75, 3.05) is 14.2 Å². The lowest BCUT2D eigenvalue weighted by Crippen LogP contribution is -2.45. The van der Waals surface area contributed by atoms with Crippen LogP contribution in [0.25, 0.3) is 0 Å². The van der Waals surface area contributed by atoms with Crippen molar-refractivity contribution < 1.29 is 24.1 Å². The fourth-order valence-electron chi connectivity index (χ4n) is 3.75. The summed E-state index contributed by atoms with van der Waals surface area (Å²) in [5, 5.41) is 12.5. The normalized spacial score (nSPS) is 20.5. The zero-order chi connectivity index (χ0) is 22.0. The van der Waals surface area contributed by atoms with E-state index in [9.17, 15) is 9.90 Å². The molecule has 6 nitrogen and oxygen atoms in total. The van der Waals surface area contributed by atoms with Gasteiger partial charge in [0.05, 0.1) is 20.8 Å². The van der Waals surface area contributed by atoms with Crippen LogP contribution in [0.5, 0.6) is 11.5 Å². The van der Waals surface area contributed by atoms with Gasteiger partial charge in [0.2, 0.25) is 5.72 Å². The highest BCUT2D eigenvalue weighted by Crippen LogP contribution is 2.47. The first-order chi connectivity index (χ1) is 15.0. The third-order valence-electron chi connectivity index (χ3n) is 5.38. The summed E-state index contributed by atoms with van der Waals surface area (Å²) in [6.07, 6.45) is -1.57. The van der Waals surface area contributed by atoms with E-state index in [-0.39, 0.29) is 6.54 Å². The van der Waals surface area contributed by atoms with Gasteiger partial charge in [-0.3, -0.25) is 4.90 Å². The number of hydrogen-bond acceptors (Lipinski definition) is 5. The molecule has 3 aromatic rings. The predicted molar refractivity (Wildman–Crippen MR) is 116 cm³/mol. The predicted octanol–water partition coefficient (Wildman–Crippen LogP) is 4.90. The molecule has 31 heavy (non-hydrogen) atoms. The number of hydrogen-bond donors (Lipinski definition) is 1. The third-order valence-corrected chi connectivity index (χ3v) is 5.61. The number of ether oxygens (including phenoxy) is 3. The van der Waals surface area contributed by atoms with E-state index in [1.807, 2.05) is 6.07 Å². The van der Waals surface area contributed by atoms with Gasteiger partial charge >= 0.3 is 6.09 Å². The number of cyclic esters (lactones) is 1. The van der Waals surface area contributed by atoms with Gasteiger partial charge in [0.15, 0.2) is 6.10 Å². The fraction of sp³-hybridized carbons (Fsp3) is 0.208. The summed E-state index contributed by atoms with van der Waals surface area (Å²) in [6.45, 7) is 0.120. The Kier molecular flexibility index (Phi) is 5.76. The summed E-state index contributed by atoms with van der Waals surface area (Å²) >= 11 is 6.12. The zero-order valence-electron chi connectivity index (χ0n) is 17.1. The van der Waals surface area contributed by atoms with Crippen LogP contribution in [-0.4, -0.2) is 30.3 Å². The van der Waals surface area contributed by atoms with Crippen molar-refractivity contribution in [2.24, 2.45) is 0 Å². The van der Waals surface area contributed by atoms with Gasteiger partial charge in [0.25, 0.3) is 0 Å². The number of methoxy groups -OCH3 is 2. The van der Waals surface area contributed by atoms with Crippen molar-refractivity contribution in [3.63, 3.8) is 0 Å². The van der Waals surface area contributed by atoms with Gasteiger partial charge in [0, 0.05) is 10.6 Å². The van der Waals surface area contributed by atoms with E-state index in [0.717, 1.165) is 5.56 Å². The Bertz CT molecular complexity index is 1070. The van der Waals surface area contributed by atoms with Crippen LogP contribution in [0.1, 0.15) is 22.8 Å². The summed E-state index contributed by atoms with van der Waals surface area (Å²) in [6, 6.07) is 21.1. The minimum atomic E-state index is -1.75. The summed E-state index contributed by atoms with van der Waals surface area (Å²) in [7, 11) is 3.14.